The number of piperidine rings is 1. The third-order valence-electron chi connectivity index (χ3n) is 5.88. The topological polar surface area (TPSA) is 97.0 Å². The molecular weight excluding hydrogens is 513 g/mol. The molecule has 1 amide bonds. The fourth-order valence-corrected chi connectivity index (χ4v) is 3.98. The number of likely N-dealkylation sites (tertiary alicyclic amines) is 1. The number of anilines is 1. The molecule has 15 heteroatoms. The summed E-state index contributed by atoms with van der Waals surface area (Å²) in [4.78, 5) is 25.1. The summed E-state index contributed by atoms with van der Waals surface area (Å²) in [6.45, 7) is 2.42. The number of hydrogen-bond donors (Lipinski definition) is 1. The van der Waals surface area contributed by atoms with Crippen LogP contribution in [0, 0.1) is 11.7 Å². The van der Waals surface area contributed by atoms with Gasteiger partial charge in [0.2, 0.25) is 11.7 Å². The number of carbonyl (C=O) groups is 1. The molecule has 1 aliphatic rings. The van der Waals surface area contributed by atoms with Crippen molar-refractivity contribution in [3.8, 4) is 11.5 Å². The Morgan fingerprint density at radius 3 is 2.57 bits per heavy atom. The van der Waals surface area contributed by atoms with Crippen LogP contribution >= 0.6 is 0 Å². The molecule has 37 heavy (non-hydrogen) atoms. The van der Waals surface area contributed by atoms with E-state index < -0.39 is 41.4 Å². The van der Waals surface area contributed by atoms with Crippen molar-refractivity contribution in [3.05, 3.63) is 53.5 Å². The number of carbonyl (C=O) groups excluding carboxylic acids is 1. The number of nitrogens with one attached hydrogen (secondary N) is 1. The van der Waals surface area contributed by atoms with Gasteiger partial charge in [0.25, 0.3) is 5.89 Å². The van der Waals surface area contributed by atoms with Crippen molar-refractivity contribution in [2.75, 3.05) is 11.9 Å². The summed E-state index contributed by atoms with van der Waals surface area (Å²) in [5.41, 5.74) is -1.54. The van der Waals surface area contributed by atoms with E-state index in [1.54, 1.807) is 0 Å². The molecular formula is C22H19F7N6O2. The molecule has 0 aliphatic carbocycles. The molecule has 0 bridgehead atoms. The SMILES string of the molecule is C[C@H]1C[C@@H](C(=O)Nc2ccnc(C(F)(F)F)n2)CCN1Cc1noc(-c2ccc(F)c(C(F)(F)F)c2)n1. The molecule has 2 aromatic heterocycles. The molecule has 0 spiro atoms. The number of hydrogen-bond acceptors (Lipinski definition) is 7. The lowest BCUT2D eigenvalue weighted by molar-refractivity contribution is -0.145. The Labute approximate surface area is 204 Å². The predicted octanol–water partition coefficient (Wildman–Crippen LogP) is 4.94. The van der Waals surface area contributed by atoms with Crippen LogP contribution in [0.3, 0.4) is 0 Å². The van der Waals surface area contributed by atoms with E-state index in [9.17, 15) is 35.5 Å². The summed E-state index contributed by atoms with van der Waals surface area (Å²) in [5, 5.41) is 6.18. The summed E-state index contributed by atoms with van der Waals surface area (Å²) >= 11 is 0. The summed E-state index contributed by atoms with van der Waals surface area (Å²) in [5.74, 6) is -4.01. The maximum atomic E-state index is 13.5. The Morgan fingerprint density at radius 2 is 1.89 bits per heavy atom. The Bertz CT molecular complexity index is 1280. The molecule has 1 N–H and O–H groups in total. The fraction of sp³-hybridized carbons (Fsp3) is 0.409. The van der Waals surface area contributed by atoms with E-state index in [0.717, 1.165) is 18.3 Å². The Kier molecular flexibility index (Phi) is 7.17. The van der Waals surface area contributed by atoms with E-state index >= 15 is 0 Å². The van der Waals surface area contributed by atoms with Gasteiger partial charge in [0.05, 0.1) is 12.1 Å². The van der Waals surface area contributed by atoms with Crippen molar-refractivity contribution >= 4 is 11.7 Å². The molecule has 0 unspecified atom stereocenters. The van der Waals surface area contributed by atoms with Crippen LogP contribution in [0.15, 0.2) is 35.0 Å². The fourth-order valence-electron chi connectivity index (χ4n) is 3.98. The Balaban J connectivity index is 1.37. The summed E-state index contributed by atoms with van der Waals surface area (Å²) in [7, 11) is 0. The maximum Gasteiger partial charge on any atom is 0.451 e. The van der Waals surface area contributed by atoms with E-state index in [0.29, 0.717) is 31.5 Å². The molecule has 198 valence electrons. The molecule has 2 atom stereocenters. The van der Waals surface area contributed by atoms with Gasteiger partial charge in [-0.15, -0.1) is 0 Å². The molecule has 0 saturated carbocycles. The molecule has 1 saturated heterocycles. The van der Waals surface area contributed by atoms with Crippen molar-refractivity contribution in [2.45, 2.75) is 44.7 Å². The monoisotopic (exact) mass is 532 g/mol. The van der Waals surface area contributed by atoms with Gasteiger partial charge in [-0.2, -0.15) is 31.3 Å². The molecule has 3 aromatic rings. The zero-order valence-electron chi connectivity index (χ0n) is 19.1. The van der Waals surface area contributed by atoms with Crippen LogP contribution in [0.4, 0.5) is 36.6 Å². The molecule has 1 aliphatic heterocycles. The first-order chi connectivity index (χ1) is 17.3. The first-order valence-corrected chi connectivity index (χ1v) is 11.0. The van der Waals surface area contributed by atoms with Crippen molar-refractivity contribution in [1.29, 1.82) is 0 Å². The van der Waals surface area contributed by atoms with E-state index in [1.807, 2.05) is 11.8 Å². The highest BCUT2D eigenvalue weighted by Crippen LogP contribution is 2.34. The van der Waals surface area contributed by atoms with Crippen LogP contribution in [-0.2, 0) is 23.7 Å². The minimum absolute atomic E-state index is 0.0886. The zero-order valence-corrected chi connectivity index (χ0v) is 19.1. The maximum absolute atomic E-state index is 13.5. The number of amides is 1. The first-order valence-electron chi connectivity index (χ1n) is 11.0. The van der Waals surface area contributed by atoms with Gasteiger partial charge in [-0.3, -0.25) is 9.69 Å². The second kappa shape index (κ2) is 10.0. The number of nitrogens with zero attached hydrogens (tertiary/aromatic N) is 5. The highest BCUT2D eigenvalue weighted by Gasteiger charge is 2.36. The zero-order chi connectivity index (χ0) is 27.0. The highest BCUT2D eigenvalue weighted by molar-refractivity contribution is 5.91. The Morgan fingerprint density at radius 1 is 1.14 bits per heavy atom. The molecule has 8 nitrogen and oxygen atoms in total. The minimum atomic E-state index is -4.89. The van der Waals surface area contributed by atoms with Crippen molar-refractivity contribution in [1.82, 2.24) is 25.0 Å². The van der Waals surface area contributed by atoms with E-state index in [4.69, 9.17) is 4.52 Å². The van der Waals surface area contributed by atoms with Gasteiger partial charge in [0.15, 0.2) is 5.82 Å². The van der Waals surface area contributed by atoms with Crippen LogP contribution in [0.5, 0.6) is 0 Å². The van der Waals surface area contributed by atoms with E-state index in [-0.39, 0.29) is 35.7 Å². The van der Waals surface area contributed by atoms with Crippen LogP contribution in [0.1, 0.15) is 37.0 Å². The summed E-state index contributed by atoms with van der Waals surface area (Å²) in [6.07, 6.45) is -7.96. The van der Waals surface area contributed by atoms with E-state index in [2.05, 4.69) is 25.4 Å². The van der Waals surface area contributed by atoms with Crippen LogP contribution in [0.25, 0.3) is 11.5 Å². The molecule has 1 fully saturated rings. The lowest BCUT2D eigenvalue weighted by atomic mass is 9.91. The van der Waals surface area contributed by atoms with Crippen molar-refractivity contribution in [2.24, 2.45) is 5.92 Å². The van der Waals surface area contributed by atoms with E-state index in [1.165, 1.54) is 0 Å². The van der Waals surface area contributed by atoms with Crippen molar-refractivity contribution in [3.63, 3.8) is 0 Å². The molecule has 1 aromatic carbocycles. The number of benzene rings is 1. The van der Waals surface area contributed by atoms with Gasteiger partial charge in [-0.1, -0.05) is 5.16 Å². The quantitative estimate of drug-likeness (QED) is 0.465. The third kappa shape index (κ3) is 6.21. The predicted molar refractivity (Wildman–Crippen MR) is 113 cm³/mol. The van der Waals surface area contributed by atoms with Gasteiger partial charge in [-0.25, -0.2) is 14.4 Å². The molecule has 3 heterocycles. The van der Waals surface area contributed by atoms with Crippen LogP contribution < -0.4 is 5.32 Å². The van der Waals surface area contributed by atoms with Gasteiger partial charge >= 0.3 is 12.4 Å². The normalized spacial score (nSPS) is 19.1. The third-order valence-corrected chi connectivity index (χ3v) is 5.88. The number of aromatic nitrogens is 4. The second-order valence-electron chi connectivity index (χ2n) is 8.50. The number of alkyl halides is 6. The van der Waals surface area contributed by atoms with Crippen LogP contribution in [0.2, 0.25) is 0 Å². The van der Waals surface area contributed by atoms with Crippen LogP contribution in [-0.4, -0.2) is 43.5 Å². The molecule has 4 rings (SSSR count). The molecule has 0 radical (unpaired) electrons. The standard InChI is InChI=1S/C22H19F7N6O2/c1-11-8-12(18(36)31-16-4-6-30-20(33-16)22(27,28)29)5-7-35(11)10-17-32-19(37-34-17)13-2-3-15(23)14(9-13)21(24,25)26/h2-4,6,9,11-12H,5,7-8,10H2,1H3,(H,30,31,33,36)/t11-,12-/m0/s1. The number of halogens is 7. The summed E-state index contributed by atoms with van der Waals surface area (Å²) < 4.78 is 95.9. The minimum Gasteiger partial charge on any atom is -0.334 e. The lowest BCUT2D eigenvalue weighted by Gasteiger charge is -2.36. The number of rotatable bonds is 5. The average Bonchev–Trinajstić information content (AvgIpc) is 3.28. The second-order valence-corrected chi connectivity index (χ2v) is 8.50. The van der Waals surface area contributed by atoms with Gasteiger partial charge in [0, 0.05) is 23.7 Å². The van der Waals surface area contributed by atoms with Gasteiger partial charge < -0.3 is 9.84 Å². The van der Waals surface area contributed by atoms with Gasteiger partial charge in [0.1, 0.15) is 11.6 Å². The average molecular weight is 532 g/mol. The van der Waals surface area contributed by atoms with Gasteiger partial charge in [-0.05, 0) is 50.6 Å². The Hall–Kier alpha value is -3.62. The van der Waals surface area contributed by atoms with Crippen molar-refractivity contribution < 1.29 is 40.1 Å². The first kappa shape index (κ1) is 26.4. The summed E-state index contributed by atoms with van der Waals surface area (Å²) in [6, 6.07) is 3.37. The lowest BCUT2D eigenvalue weighted by Crippen LogP contribution is -2.43. The highest BCUT2D eigenvalue weighted by atomic mass is 19.4. The smallest absolute Gasteiger partial charge is 0.334 e. The largest absolute Gasteiger partial charge is 0.451 e.